The molecule has 0 aliphatic carbocycles. The van der Waals surface area contributed by atoms with Crippen LogP contribution in [-0.4, -0.2) is 29.1 Å². The van der Waals surface area contributed by atoms with Crippen molar-refractivity contribution in [3.8, 4) is 0 Å². The van der Waals surface area contributed by atoms with E-state index in [9.17, 15) is 4.79 Å². The van der Waals surface area contributed by atoms with E-state index in [1.165, 1.54) is 0 Å². The first-order valence-electron chi connectivity index (χ1n) is 7.37. The number of hydrogen-bond acceptors (Lipinski definition) is 4. The predicted molar refractivity (Wildman–Crippen MR) is 81.8 cm³/mol. The highest BCUT2D eigenvalue weighted by Crippen LogP contribution is 2.10. The number of rotatable bonds is 10. The van der Waals surface area contributed by atoms with Gasteiger partial charge in [-0.1, -0.05) is 13.3 Å². The molecule has 5 nitrogen and oxygen atoms in total. The normalized spacial score (nSPS) is 10.3. The topological polar surface area (TPSA) is 74.2 Å². The fourth-order valence-electron chi connectivity index (χ4n) is 1.76. The molecule has 0 unspecified atom stereocenters. The Balaban J connectivity index is 2.27. The third-order valence-corrected chi connectivity index (χ3v) is 2.95. The predicted octanol–water partition coefficient (Wildman–Crippen LogP) is 2.78. The average molecular weight is 279 g/mol. The Labute approximate surface area is 120 Å². The minimum Gasteiger partial charge on any atom is -0.396 e. The molecule has 1 aromatic rings. The first-order valence-corrected chi connectivity index (χ1v) is 7.37. The van der Waals surface area contributed by atoms with Gasteiger partial charge in [0.25, 0.3) is 0 Å². The number of nitrogens with one attached hydrogen (secondary N) is 2. The molecule has 0 bridgehead atoms. The summed E-state index contributed by atoms with van der Waals surface area (Å²) < 4.78 is 0. The second-order valence-electron chi connectivity index (χ2n) is 4.79. The number of pyridine rings is 1. The molecule has 1 rings (SSSR count). The summed E-state index contributed by atoms with van der Waals surface area (Å²) in [6, 6.07) is 3.72. The molecule has 0 saturated heterocycles. The minimum atomic E-state index is 0.0402. The molecule has 1 heterocycles. The molecule has 0 spiro atoms. The Kier molecular flexibility index (Phi) is 8.38. The fourth-order valence-corrected chi connectivity index (χ4v) is 1.76. The fraction of sp³-hybridized carbons (Fsp3) is 0.600. The van der Waals surface area contributed by atoms with Gasteiger partial charge in [0.2, 0.25) is 5.91 Å². The van der Waals surface area contributed by atoms with Gasteiger partial charge in [-0.3, -0.25) is 4.79 Å². The van der Waals surface area contributed by atoms with E-state index in [1.807, 2.05) is 12.1 Å². The summed E-state index contributed by atoms with van der Waals surface area (Å²) in [5.41, 5.74) is 0.733. The Morgan fingerprint density at radius 2 is 2.10 bits per heavy atom. The highest BCUT2D eigenvalue weighted by molar-refractivity contribution is 5.90. The number of hydrogen-bond donors (Lipinski definition) is 3. The van der Waals surface area contributed by atoms with E-state index in [-0.39, 0.29) is 12.5 Å². The van der Waals surface area contributed by atoms with Crippen LogP contribution in [0, 0.1) is 0 Å². The molecule has 0 fully saturated rings. The highest BCUT2D eigenvalue weighted by Gasteiger charge is 2.02. The summed E-state index contributed by atoms with van der Waals surface area (Å²) in [5, 5.41) is 14.7. The number of amides is 1. The number of nitrogens with zero attached hydrogens (tertiary/aromatic N) is 1. The van der Waals surface area contributed by atoms with E-state index in [1.54, 1.807) is 6.20 Å². The molecule has 0 aromatic carbocycles. The summed E-state index contributed by atoms with van der Waals surface area (Å²) in [6.45, 7) is 3.16. The SMILES string of the molecule is CCCCC(=O)Nc1ccc(NCCCCCO)nc1. The molecule has 0 atom stereocenters. The lowest BCUT2D eigenvalue weighted by Gasteiger charge is -2.07. The largest absolute Gasteiger partial charge is 0.396 e. The van der Waals surface area contributed by atoms with Crippen LogP contribution in [0.25, 0.3) is 0 Å². The molecule has 1 aromatic heterocycles. The molecule has 0 aliphatic heterocycles. The Bertz CT molecular complexity index is 379. The van der Waals surface area contributed by atoms with Crippen molar-refractivity contribution < 1.29 is 9.90 Å². The van der Waals surface area contributed by atoms with Crippen molar-refractivity contribution in [2.45, 2.75) is 45.4 Å². The van der Waals surface area contributed by atoms with Gasteiger partial charge in [-0.2, -0.15) is 0 Å². The molecule has 0 saturated carbocycles. The van der Waals surface area contributed by atoms with E-state index in [0.29, 0.717) is 6.42 Å². The van der Waals surface area contributed by atoms with Gasteiger partial charge in [-0.15, -0.1) is 0 Å². The first kappa shape index (κ1) is 16.4. The monoisotopic (exact) mass is 279 g/mol. The summed E-state index contributed by atoms with van der Waals surface area (Å²) in [7, 11) is 0. The Morgan fingerprint density at radius 3 is 2.75 bits per heavy atom. The second-order valence-corrected chi connectivity index (χ2v) is 4.79. The minimum absolute atomic E-state index is 0.0402. The van der Waals surface area contributed by atoms with Crippen LogP contribution in [0.5, 0.6) is 0 Å². The van der Waals surface area contributed by atoms with Gasteiger partial charge in [-0.25, -0.2) is 4.98 Å². The maximum atomic E-state index is 11.6. The molecule has 112 valence electrons. The van der Waals surface area contributed by atoms with Gasteiger partial charge in [0.1, 0.15) is 5.82 Å². The van der Waals surface area contributed by atoms with Crippen molar-refractivity contribution in [3.05, 3.63) is 18.3 Å². The van der Waals surface area contributed by atoms with Crippen LogP contribution >= 0.6 is 0 Å². The van der Waals surface area contributed by atoms with Crippen LogP contribution < -0.4 is 10.6 Å². The molecule has 1 amide bonds. The lowest BCUT2D eigenvalue weighted by Crippen LogP contribution is -2.11. The zero-order valence-electron chi connectivity index (χ0n) is 12.2. The number of unbranched alkanes of at least 4 members (excludes halogenated alkanes) is 3. The third-order valence-electron chi connectivity index (χ3n) is 2.95. The van der Waals surface area contributed by atoms with Gasteiger partial charge >= 0.3 is 0 Å². The lowest BCUT2D eigenvalue weighted by atomic mass is 10.2. The highest BCUT2D eigenvalue weighted by atomic mass is 16.2. The van der Waals surface area contributed by atoms with E-state index in [0.717, 1.165) is 50.2 Å². The van der Waals surface area contributed by atoms with Crippen LogP contribution in [0.15, 0.2) is 18.3 Å². The summed E-state index contributed by atoms with van der Waals surface area (Å²) in [5.74, 6) is 0.846. The van der Waals surface area contributed by atoms with Gasteiger partial charge in [-0.05, 0) is 37.8 Å². The first-order chi connectivity index (χ1) is 9.76. The van der Waals surface area contributed by atoms with Crippen molar-refractivity contribution in [1.82, 2.24) is 4.98 Å². The van der Waals surface area contributed by atoms with Crippen LogP contribution in [-0.2, 0) is 4.79 Å². The number of carbonyl (C=O) groups is 1. The molecule has 20 heavy (non-hydrogen) atoms. The molecule has 0 radical (unpaired) electrons. The number of aromatic nitrogens is 1. The smallest absolute Gasteiger partial charge is 0.224 e. The van der Waals surface area contributed by atoms with Crippen LogP contribution in [0.4, 0.5) is 11.5 Å². The van der Waals surface area contributed by atoms with Crippen LogP contribution in [0.1, 0.15) is 45.4 Å². The lowest BCUT2D eigenvalue weighted by molar-refractivity contribution is -0.116. The van der Waals surface area contributed by atoms with Gasteiger partial charge < -0.3 is 15.7 Å². The number of aliphatic hydroxyl groups is 1. The van der Waals surface area contributed by atoms with E-state index < -0.39 is 0 Å². The third kappa shape index (κ3) is 7.09. The summed E-state index contributed by atoms with van der Waals surface area (Å²) in [4.78, 5) is 15.8. The Hall–Kier alpha value is -1.62. The van der Waals surface area contributed by atoms with Gasteiger partial charge in [0.05, 0.1) is 11.9 Å². The Morgan fingerprint density at radius 1 is 1.25 bits per heavy atom. The summed E-state index contributed by atoms with van der Waals surface area (Å²) >= 11 is 0. The van der Waals surface area contributed by atoms with E-state index in [2.05, 4.69) is 22.5 Å². The quantitative estimate of drug-likeness (QED) is 0.576. The second kappa shape index (κ2) is 10.2. The summed E-state index contributed by atoms with van der Waals surface area (Å²) in [6.07, 6.45) is 7.02. The van der Waals surface area contributed by atoms with Gasteiger partial charge in [0.15, 0.2) is 0 Å². The molecule has 5 heteroatoms. The number of aliphatic hydroxyl groups excluding tert-OH is 1. The average Bonchev–Trinajstić information content (AvgIpc) is 2.46. The number of carbonyl (C=O) groups excluding carboxylic acids is 1. The van der Waals surface area contributed by atoms with Crippen molar-refractivity contribution in [2.24, 2.45) is 0 Å². The molecule has 3 N–H and O–H groups in total. The van der Waals surface area contributed by atoms with Gasteiger partial charge in [0, 0.05) is 19.6 Å². The van der Waals surface area contributed by atoms with E-state index in [4.69, 9.17) is 5.11 Å². The zero-order valence-corrected chi connectivity index (χ0v) is 12.2. The van der Waals surface area contributed by atoms with Crippen molar-refractivity contribution >= 4 is 17.4 Å². The van der Waals surface area contributed by atoms with Crippen LogP contribution in [0.2, 0.25) is 0 Å². The maximum Gasteiger partial charge on any atom is 0.224 e. The zero-order chi connectivity index (χ0) is 14.6. The van der Waals surface area contributed by atoms with Crippen molar-refractivity contribution in [2.75, 3.05) is 23.8 Å². The molecular formula is C15H25N3O2. The molecular weight excluding hydrogens is 254 g/mol. The standard InChI is InChI=1S/C15H25N3O2/c1-2-3-7-15(20)18-13-8-9-14(17-12-13)16-10-5-4-6-11-19/h8-9,12,19H,2-7,10-11H2,1H3,(H,16,17)(H,18,20). The maximum absolute atomic E-state index is 11.6. The van der Waals surface area contributed by atoms with Crippen molar-refractivity contribution in [1.29, 1.82) is 0 Å². The van der Waals surface area contributed by atoms with Crippen molar-refractivity contribution in [3.63, 3.8) is 0 Å². The molecule has 0 aliphatic rings. The van der Waals surface area contributed by atoms with E-state index >= 15 is 0 Å². The number of anilines is 2. The van der Waals surface area contributed by atoms with Crippen LogP contribution in [0.3, 0.4) is 0 Å².